The zero-order valence-corrected chi connectivity index (χ0v) is 22.7. The number of carboxylic acids is 1. The third-order valence-corrected chi connectivity index (χ3v) is 3.73. The SMILES string of the molecule is CCCCCC[C@@H](O)C/C=C\CCCCCCCC(=O)O.O=S(=O)(O)O.[H-].[H-].[Na+].[Na+]. The van der Waals surface area contributed by atoms with Crippen LogP contribution in [0.4, 0.5) is 0 Å². The number of aliphatic hydroxyl groups is 1. The van der Waals surface area contributed by atoms with Gasteiger partial charge < -0.3 is 13.1 Å². The molecule has 7 nitrogen and oxygen atoms in total. The standard InChI is InChI=1S/C18H34O3.2Na.H2O4S.2H/c1-2-3-4-11-14-17(19)15-12-9-7-5-6-8-10-13-16-18(20)21;;;1-5(2,3)4;;/h9,12,17,19H,2-8,10-11,13-16H2,1H3,(H,20,21);;;(H2,1,2,3,4);;/q;2*+1;;2*-1/b12-9-;;;;;/t17-;;;;;/m1...../s1. The Hall–Kier alpha value is 1.04. The van der Waals surface area contributed by atoms with Gasteiger partial charge in [-0.3, -0.25) is 13.9 Å². The van der Waals surface area contributed by atoms with Gasteiger partial charge >= 0.3 is 75.5 Å². The van der Waals surface area contributed by atoms with Crippen LogP contribution in [0.25, 0.3) is 0 Å². The molecule has 0 aromatic rings. The van der Waals surface area contributed by atoms with Gasteiger partial charge in [0, 0.05) is 6.42 Å². The van der Waals surface area contributed by atoms with Crippen molar-refractivity contribution in [3.63, 3.8) is 0 Å². The van der Waals surface area contributed by atoms with Crippen LogP contribution in [-0.2, 0) is 15.2 Å². The van der Waals surface area contributed by atoms with Crippen LogP contribution in [0.3, 0.4) is 0 Å². The van der Waals surface area contributed by atoms with Gasteiger partial charge in [0.2, 0.25) is 0 Å². The van der Waals surface area contributed by atoms with Crippen LogP contribution in [-0.4, -0.2) is 39.8 Å². The summed E-state index contributed by atoms with van der Waals surface area (Å²) in [6, 6.07) is 0. The van der Waals surface area contributed by atoms with E-state index in [1.807, 2.05) is 0 Å². The average Bonchev–Trinajstić information content (AvgIpc) is 2.51. The molecular weight excluding hydrogens is 406 g/mol. The van der Waals surface area contributed by atoms with Gasteiger partial charge in [0.25, 0.3) is 0 Å². The number of carboxylic acid groups (broad SMARTS) is 1. The summed E-state index contributed by atoms with van der Waals surface area (Å²) >= 11 is 0. The van der Waals surface area contributed by atoms with Gasteiger partial charge in [-0.15, -0.1) is 0 Å². The fraction of sp³-hybridized carbons (Fsp3) is 0.833. The smallest absolute Gasteiger partial charge is 1.00 e. The second-order valence-corrected chi connectivity index (χ2v) is 7.25. The normalized spacial score (nSPS) is 11.7. The first-order valence-electron chi connectivity index (χ1n) is 9.41. The number of aliphatic carboxylic acids is 1. The maximum Gasteiger partial charge on any atom is 1.00 e. The molecule has 0 fully saturated rings. The molecular formula is C18H38Na2O7S. The van der Waals surface area contributed by atoms with Gasteiger partial charge in [-0.05, 0) is 32.1 Å². The fourth-order valence-corrected chi connectivity index (χ4v) is 2.36. The molecule has 0 spiro atoms. The molecule has 0 saturated carbocycles. The molecule has 0 rings (SSSR count). The summed E-state index contributed by atoms with van der Waals surface area (Å²) in [4.78, 5) is 10.3. The molecule has 0 aliphatic rings. The summed E-state index contributed by atoms with van der Waals surface area (Å²) in [7, 11) is -4.67. The predicted octanol–water partition coefficient (Wildman–Crippen LogP) is -1.34. The van der Waals surface area contributed by atoms with E-state index in [0.717, 1.165) is 51.4 Å². The van der Waals surface area contributed by atoms with Crippen LogP contribution in [0, 0.1) is 0 Å². The Kier molecular flexibility index (Phi) is 33.9. The Morgan fingerprint density at radius 1 is 0.929 bits per heavy atom. The number of unbranched alkanes of at least 4 members (excludes halogenated alkanes) is 8. The van der Waals surface area contributed by atoms with E-state index < -0.39 is 16.4 Å². The first kappa shape index (κ1) is 36.4. The van der Waals surface area contributed by atoms with E-state index >= 15 is 0 Å². The van der Waals surface area contributed by atoms with Gasteiger partial charge in [0.15, 0.2) is 0 Å². The van der Waals surface area contributed by atoms with Crippen molar-refractivity contribution in [1.82, 2.24) is 0 Å². The Morgan fingerprint density at radius 2 is 1.43 bits per heavy atom. The molecule has 160 valence electrons. The maximum absolute atomic E-state index is 10.3. The molecule has 0 heterocycles. The predicted molar refractivity (Wildman–Crippen MR) is 105 cm³/mol. The van der Waals surface area contributed by atoms with E-state index in [4.69, 9.17) is 22.6 Å². The molecule has 0 amide bonds. The summed E-state index contributed by atoms with van der Waals surface area (Å²) in [5.74, 6) is -0.689. The van der Waals surface area contributed by atoms with Crippen LogP contribution in [0.1, 0.15) is 93.2 Å². The topological polar surface area (TPSA) is 132 Å². The van der Waals surface area contributed by atoms with Crippen molar-refractivity contribution >= 4 is 16.4 Å². The summed E-state index contributed by atoms with van der Waals surface area (Å²) in [6.45, 7) is 2.20. The van der Waals surface area contributed by atoms with E-state index in [1.165, 1.54) is 25.7 Å². The fourth-order valence-electron chi connectivity index (χ4n) is 2.36. The molecule has 0 aromatic heterocycles. The Labute approximate surface area is 217 Å². The first-order valence-corrected chi connectivity index (χ1v) is 10.8. The summed E-state index contributed by atoms with van der Waals surface area (Å²) in [6.07, 6.45) is 17.4. The average molecular weight is 445 g/mol. The van der Waals surface area contributed by atoms with Gasteiger partial charge in [-0.2, -0.15) is 8.42 Å². The molecule has 10 heteroatoms. The third kappa shape index (κ3) is 45.7. The molecule has 4 N–H and O–H groups in total. The molecule has 0 aliphatic carbocycles. The first-order chi connectivity index (χ1) is 12.2. The third-order valence-electron chi connectivity index (χ3n) is 3.73. The van der Waals surface area contributed by atoms with Crippen molar-refractivity contribution < 1.29 is 94.5 Å². The Morgan fingerprint density at radius 3 is 1.96 bits per heavy atom. The largest absolute Gasteiger partial charge is 1.00 e. The molecule has 0 saturated heterocycles. The van der Waals surface area contributed by atoms with Crippen molar-refractivity contribution in [2.75, 3.05) is 0 Å². The minimum absolute atomic E-state index is 0. The molecule has 0 aliphatic heterocycles. The van der Waals surface area contributed by atoms with Crippen molar-refractivity contribution in [1.29, 1.82) is 0 Å². The minimum Gasteiger partial charge on any atom is -1.00 e. The number of hydrogen-bond donors (Lipinski definition) is 4. The van der Waals surface area contributed by atoms with Gasteiger partial charge in [0.1, 0.15) is 0 Å². The summed E-state index contributed by atoms with van der Waals surface area (Å²) in [5.41, 5.74) is 0. The van der Waals surface area contributed by atoms with Crippen molar-refractivity contribution in [3.8, 4) is 0 Å². The second-order valence-electron chi connectivity index (χ2n) is 6.36. The van der Waals surface area contributed by atoms with E-state index in [-0.39, 0.29) is 68.1 Å². The zero-order chi connectivity index (χ0) is 20.3. The number of allylic oxidation sites excluding steroid dienone is 1. The maximum atomic E-state index is 10.3. The minimum atomic E-state index is -4.67. The van der Waals surface area contributed by atoms with Crippen LogP contribution in [0.15, 0.2) is 12.2 Å². The van der Waals surface area contributed by atoms with E-state index in [9.17, 15) is 9.90 Å². The summed E-state index contributed by atoms with van der Waals surface area (Å²) in [5, 5.41) is 18.3. The van der Waals surface area contributed by atoms with Crippen molar-refractivity contribution in [2.24, 2.45) is 0 Å². The summed E-state index contributed by atoms with van der Waals surface area (Å²) < 4.78 is 31.6. The quantitative estimate of drug-likeness (QED) is 0.106. The van der Waals surface area contributed by atoms with Gasteiger partial charge in [0.05, 0.1) is 6.10 Å². The van der Waals surface area contributed by atoms with Crippen LogP contribution in [0.2, 0.25) is 0 Å². The van der Waals surface area contributed by atoms with Crippen molar-refractivity contribution in [3.05, 3.63) is 12.2 Å². The van der Waals surface area contributed by atoms with Crippen LogP contribution in [0.5, 0.6) is 0 Å². The monoisotopic (exact) mass is 444 g/mol. The second kappa shape index (κ2) is 26.1. The van der Waals surface area contributed by atoms with E-state index in [0.29, 0.717) is 6.42 Å². The molecule has 0 bridgehead atoms. The van der Waals surface area contributed by atoms with E-state index in [2.05, 4.69) is 19.1 Å². The number of carbonyl (C=O) groups is 1. The number of hydrogen-bond acceptors (Lipinski definition) is 4. The number of aliphatic hydroxyl groups excluding tert-OH is 1. The molecule has 1 atom stereocenters. The zero-order valence-electron chi connectivity index (χ0n) is 19.8. The molecule has 28 heavy (non-hydrogen) atoms. The Bertz CT molecular complexity index is 459. The number of rotatable bonds is 15. The molecule has 0 unspecified atom stereocenters. The van der Waals surface area contributed by atoms with E-state index in [1.54, 1.807) is 0 Å². The molecule has 0 radical (unpaired) electrons. The van der Waals surface area contributed by atoms with Crippen LogP contribution >= 0.6 is 0 Å². The molecule has 0 aromatic carbocycles. The van der Waals surface area contributed by atoms with Crippen molar-refractivity contribution in [2.45, 2.75) is 96.5 Å². The van der Waals surface area contributed by atoms with Gasteiger partial charge in [-0.1, -0.05) is 64.0 Å². The van der Waals surface area contributed by atoms with Crippen LogP contribution < -0.4 is 59.1 Å². The van der Waals surface area contributed by atoms with Gasteiger partial charge in [-0.25, -0.2) is 0 Å². The Balaban J connectivity index is -0.000000143.